The average molecular weight is 313 g/mol. The molecule has 0 saturated carbocycles. The van der Waals surface area contributed by atoms with Crippen LogP contribution in [0.1, 0.15) is 53.9 Å². The first-order valence-electron chi connectivity index (χ1n) is 7.60. The van der Waals surface area contributed by atoms with Gasteiger partial charge in [0.05, 0.1) is 5.60 Å². The molecule has 0 fully saturated rings. The molecule has 6 nitrogen and oxygen atoms in total. The number of carbonyl (C=O) groups excluding carboxylic acids is 2. The molecule has 0 bridgehead atoms. The van der Waals surface area contributed by atoms with Gasteiger partial charge in [0, 0.05) is 31.7 Å². The van der Waals surface area contributed by atoms with Crippen LogP contribution in [0.5, 0.6) is 0 Å². The average Bonchev–Trinajstić information content (AvgIpc) is 2.71. The third-order valence-electron chi connectivity index (χ3n) is 3.93. The molecule has 0 N–H and O–H groups in total. The molecule has 1 unspecified atom stereocenters. The van der Waals surface area contributed by atoms with Crippen molar-refractivity contribution < 1.29 is 24.1 Å². The summed E-state index contributed by atoms with van der Waals surface area (Å²) in [7, 11) is 1.54. The van der Waals surface area contributed by atoms with Crippen molar-refractivity contribution in [3.63, 3.8) is 0 Å². The second-order valence-electron chi connectivity index (χ2n) is 6.34. The van der Waals surface area contributed by atoms with Crippen LogP contribution in [0.4, 0.5) is 0 Å². The molecule has 1 aliphatic heterocycles. The van der Waals surface area contributed by atoms with Crippen molar-refractivity contribution >= 4 is 11.8 Å². The van der Waals surface area contributed by atoms with Gasteiger partial charge in [0.15, 0.2) is 5.79 Å². The van der Waals surface area contributed by atoms with Gasteiger partial charge in [-0.15, -0.1) is 0 Å². The van der Waals surface area contributed by atoms with Crippen molar-refractivity contribution in [3.05, 3.63) is 11.6 Å². The minimum Gasteiger partial charge on any atom is -0.351 e. The van der Waals surface area contributed by atoms with Crippen LogP contribution >= 0.6 is 0 Å². The summed E-state index contributed by atoms with van der Waals surface area (Å²) < 4.78 is 5.37. The molecule has 6 heteroatoms. The molecule has 0 aliphatic carbocycles. The highest BCUT2D eigenvalue weighted by Crippen LogP contribution is 2.24. The monoisotopic (exact) mass is 313 g/mol. The number of nitrogens with zero attached hydrogens (tertiary/aromatic N) is 1. The smallest absolute Gasteiger partial charge is 0.256 e. The van der Waals surface area contributed by atoms with Crippen LogP contribution in [-0.2, 0) is 24.1 Å². The molecule has 0 aromatic heterocycles. The number of amides is 2. The van der Waals surface area contributed by atoms with Crippen LogP contribution in [0, 0.1) is 0 Å². The van der Waals surface area contributed by atoms with E-state index in [1.165, 1.54) is 11.0 Å². The molecule has 22 heavy (non-hydrogen) atoms. The number of carbonyl (C=O) groups is 2. The lowest BCUT2D eigenvalue weighted by Gasteiger charge is -2.32. The van der Waals surface area contributed by atoms with Gasteiger partial charge < -0.3 is 4.74 Å². The second kappa shape index (κ2) is 7.35. The molecule has 2 amide bonds. The summed E-state index contributed by atoms with van der Waals surface area (Å²) in [6, 6.07) is 0. The van der Waals surface area contributed by atoms with Crippen LogP contribution in [0.3, 0.4) is 0 Å². The van der Waals surface area contributed by atoms with Gasteiger partial charge in [-0.2, -0.15) is 0 Å². The molecule has 1 heterocycles. The summed E-state index contributed by atoms with van der Waals surface area (Å²) >= 11 is 0. The Morgan fingerprint density at radius 2 is 1.82 bits per heavy atom. The van der Waals surface area contributed by atoms with Crippen LogP contribution in [0.25, 0.3) is 0 Å². The second-order valence-corrected chi connectivity index (χ2v) is 6.34. The summed E-state index contributed by atoms with van der Waals surface area (Å²) in [5.41, 5.74) is 0.0746. The first-order chi connectivity index (χ1) is 10.1. The van der Waals surface area contributed by atoms with Crippen molar-refractivity contribution in [3.8, 4) is 0 Å². The summed E-state index contributed by atoms with van der Waals surface area (Å²) in [6.45, 7) is 9.62. The topological polar surface area (TPSA) is 65.1 Å². The Morgan fingerprint density at radius 3 is 2.27 bits per heavy atom. The number of ether oxygens (including phenoxy) is 1. The van der Waals surface area contributed by atoms with Crippen molar-refractivity contribution in [1.82, 2.24) is 4.90 Å². The van der Waals surface area contributed by atoms with E-state index in [0.29, 0.717) is 25.0 Å². The van der Waals surface area contributed by atoms with Gasteiger partial charge in [-0.1, -0.05) is 6.92 Å². The summed E-state index contributed by atoms with van der Waals surface area (Å²) in [4.78, 5) is 35.6. The lowest BCUT2D eigenvalue weighted by Crippen LogP contribution is -2.38. The molecule has 1 rings (SSSR count). The zero-order chi connectivity index (χ0) is 17.0. The zero-order valence-corrected chi connectivity index (χ0v) is 14.4. The third-order valence-corrected chi connectivity index (χ3v) is 3.93. The van der Waals surface area contributed by atoms with E-state index in [4.69, 9.17) is 14.5 Å². The highest BCUT2D eigenvalue weighted by Gasteiger charge is 2.32. The van der Waals surface area contributed by atoms with E-state index < -0.39 is 11.4 Å². The van der Waals surface area contributed by atoms with Gasteiger partial charge in [0.1, 0.15) is 0 Å². The fourth-order valence-electron chi connectivity index (χ4n) is 1.85. The highest BCUT2D eigenvalue weighted by atomic mass is 17.2. The van der Waals surface area contributed by atoms with E-state index in [0.717, 1.165) is 6.42 Å². The maximum Gasteiger partial charge on any atom is 0.256 e. The lowest BCUT2D eigenvalue weighted by atomic mass is 10.1. The van der Waals surface area contributed by atoms with E-state index in [1.54, 1.807) is 21.0 Å². The Labute approximate surface area is 132 Å². The Kier molecular flexibility index (Phi) is 6.28. The van der Waals surface area contributed by atoms with Crippen molar-refractivity contribution in [2.45, 2.75) is 65.3 Å². The molecule has 0 radical (unpaired) electrons. The first kappa shape index (κ1) is 18.8. The van der Waals surface area contributed by atoms with Crippen molar-refractivity contribution in [2.75, 3.05) is 13.7 Å². The summed E-state index contributed by atoms with van der Waals surface area (Å²) in [5.74, 6) is -1.40. The number of rotatable bonds is 9. The standard InChI is InChI=1S/C16H27NO5/c1-7-15(3,4)21-22-16(5,20-6)9-8-10-17-13(18)11-12(2)14(17)19/h11H,7-10H2,1-6H3. The van der Waals surface area contributed by atoms with Crippen LogP contribution < -0.4 is 0 Å². The minimum atomic E-state index is -0.916. The molecule has 126 valence electrons. The number of hydrogen-bond acceptors (Lipinski definition) is 5. The molecule has 0 aromatic carbocycles. The number of methoxy groups -OCH3 is 1. The van der Waals surface area contributed by atoms with Gasteiger partial charge in [-0.25, -0.2) is 9.78 Å². The van der Waals surface area contributed by atoms with Gasteiger partial charge in [0.25, 0.3) is 11.8 Å². The van der Waals surface area contributed by atoms with E-state index in [1.807, 2.05) is 20.8 Å². The Balaban J connectivity index is 2.47. The van der Waals surface area contributed by atoms with Crippen LogP contribution in [0.2, 0.25) is 0 Å². The van der Waals surface area contributed by atoms with Crippen molar-refractivity contribution in [1.29, 1.82) is 0 Å². The van der Waals surface area contributed by atoms with E-state index in [2.05, 4.69) is 0 Å². The third kappa shape index (κ3) is 4.90. The van der Waals surface area contributed by atoms with Gasteiger partial charge in [0.2, 0.25) is 0 Å². The fraction of sp³-hybridized carbons (Fsp3) is 0.750. The Bertz CT molecular complexity index is 457. The summed E-state index contributed by atoms with van der Waals surface area (Å²) in [6.07, 6.45) is 3.23. The maximum absolute atomic E-state index is 11.8. The van der Waals surface area contributed by atoms with Gasteiger partial charge in [-0.3, -0.25) is 14.5 Å². The van der Waals surface area contributed by atoms with E-state index in [9.17, 15) is 9.59 Å². The molecule has 0 aromatic rings. The number of hydrogen-bond donors (Lipinski definition) is 0. The molecule has 0 spiro atoms. The Morgan fingerprint density at radius 1 is 1.18 bits per heavy atom. The Hall–Kier alpha value is -1.24. The van der Waals surface area contributed by atoms with Gasteiger partial charge >= 0.3 is 0 Å². The zero-order valence-electron chi connectivity index (χ0n) is 14.4. The molecular weight excluding hydrogens is 286 g/mol. The van der Waals surface area contributed by atoms with E-state index >= 15 is 0 Å². The molecule has 1 aliphatic rings. The molecule has 0 saturated heterocycles. The lowest BCUT2D eigenvalue weighted by molar-refractivity contribution is -0.455. The highest BCUT2D eigenvalue weighted by molar-refractivity contribution is 6.15. The quantitative estimate of drug-likeness (QED) is 0.283. The van der Waals surface area contributed by atoms with Crippen LogP contribution in [-0.4, -0.2) is 41.8 Å². The maximum atomic E-state index is 11.8. The fourth-order valence-corrected chi connectivity index (χ4v) is 1.85. The predicted octanol–water partition coefficient (Wildman–Crippen LogP) is 2.58. The predicted molar refractivity (Wildman–Crippen MR) is 81.7 cm³/mol. The SMILES string of the molecule is CCC(C)(C)OOC(C)(CCCN1C(=O)C=C(C)C1=O)OC. The van der Waals surface area contributed by atoms with E-state index in [-0.39, 0.29) is 11.8 Å². The normalized spacial score (nSPS) is 18.6. The largest absolute Gasteiger partial charge is 0.351 e. The van der Waals surface area contributed by atoms with Crippen molar-refractivity contribution in [2.24, 2.45) is 0 Å². The number of imide groups is 1. The minimum absolute atomic E-state index is 0.228. The molecular formula is C16H27NO5. The van der Waals surface area contributed by atoms with Crippen LogP contribution in [0.15, 0.2) is 11.6 Å². The van der Waals surface area contributed by atoms with Gasteiger partial charge in [-0.05, 0) is 40.5 Å². The first-order valence-corrected chi connectivity index (χ1v) is 7.60. The molecule has 1 atom stereocenters. The summed E-state index contributed by atoms with van der Waals surface area (Å²) in [5, 5.41) is 0.